The summed E-state index contributed by atoms with van der Waals surface area (Å²) in [6.07, 6.45) is 0.448. The Bertz CT molecular complexity index is 3130. The Balaban J connectivity index is 1.24. The summed E-state index contributed by atoms with van der Waals surface area (Å²) in [6, 6.07) is 52.8. The Kier molecular flexibility index (Phi) is 5.66. The lowest BCUT2D eigenvalue weighted by Crippen LogP contribution is -2.05. The van der Waals surface area contributed by atoms with Crippen molar-refractivity contribution in [2.45, 2.75) is 6.42 Å². The number of nitrogens with zero attached hydrogens (tertiary/aromatic N) is 3. The molecule has 4 aromatic heterocycles. The molecule has 0 unspecified atom stereocenters. The molecule has 0 radical (unpaired) electrons. The number of furan rings is 2. The topological polar surface area (TPSA) is 57.0 Å². The van der Waals surface area contributed by atoms with E-state index in [1.165, 1.54) is 21.5 Å². The summed E-state index contributed by atoms with van der Waals surface area (Å²) in [5.41, 5.74) is 10.1. The van der Waals surface area contributed by atoms with Crippen molar-refractivity contribution in [2.75, 3.05) is 0 Å². The van der Waals surface area contributed by atoms with Gasteiger partial charge in [0, 0.05) is 44.5 Å². The lowest BCUT2D eigenvalue weighted by atomic mass is 10.0. The summed E-state index contributed by atoms with van der Waals surface area (Å²) in [6.45, 7) is 0. The first-order chi connectivity index (χ1) is 24.8. The van der Waals surface area contributed by atoms with Crippen LogP contribution in [-0.4, -0.2) is 14.5 Å². The highest BCUT2D eigenvalue weighted by molar-refractivity contribution is 6.21. The van der Waals surface area contributed by atoms with Gasteiger partial charge in [-0.15, -0.1) is 0 Å². The quantitative estimate of drug-likeness (QED) is 0.192. The first kappa shape index (κ1) is 27.3. The van der Waals surface area contributed by atoms with Crippen LogP contribution >= 0.6 is 0 Å². The minimum Gasteiger partial charge on any atom is -0.456 e. The van der Waals surface area contributed by atoms with Gasteiger partial charge in [0.05, 0.1) is 16.7 Å². The number of hydrogen-bond acceptors (Lipinski definition) is 4. The van der Waals surface area contributed by atoms with Gasteiger partial charge in [-0.25, -0.2) is 9.97 Å². The molecule has 0 aliphatic rings. The molecule has 11 rings (SSSR count). The Morgan fingerprint density at radius 2 is 1.16 bits per heavy atom. The fourth-order valence-corrected chi connectivity index (χ4v) is 7.88. The van der Waals surface area contributed by atoms with Gasteiger partial charge in [0.2, 0.25) is 0 Å². The Labute approximate surface area is 285 Å². The summed E-state index contributed by atoms with van der Waals surface area (Å²) < 4.78 is 15.6. The van der Waals surface area contributed by atoms with Crippen LogP contribution in [0.2, 0.25) is 0 Å². The van der Waals surface area contributed by atoms with Crippen LogP contribution < -0.4 is 0 Å². The highest BCUT2D eigenvalue weighted by atomic mass is 16.3. The van der Waals surface area contributed by atoms with E-state index in [2.05, 4.69) is 108 Å². The molecule has 0 aliphatic heterocycles. The zero-order valence-corrected chi connectivity index (χ0v) is 26.8. The van der Waals surface area contributed by atoms with Gasteiger partial charge >= 0.3 is 0 Å². The fraction of sp³-hybridized carbons (Fsp3) is 0.0222. The van der Waals surface area contributed by atoms with Crippen molar-refractivity contribution in [1.29, 1.82) is 0 Å². The average Bonchev–Trinajstić information content (AvgIpc) is 3.85. The van der Waals surface area contributed by atoms with E-state index >= 15 is 0 Å². The normalized spacial score (nSPS) is 12.1. The van der Waals surface area contributed by atoms with Crippen molar-refractivity contribution in [3.63, 3.8) is 0 Å². The van der Waals surface area contributed by atoms with Gasteiger partial charge in [0.1, 0.15) is 33.8 Å². The minimum absolute atomic E-state index is 0.448. The fourth-order valence-electron chi connectivity index (χ4n) is 7.88. The zero-order valence-electron chi connectivity index (χ0n) is 26.8. The number of para-hydroxylation sites is 3. The minimum atomic E-state index is 0.448. The number of hydrogen-bond donors (Lipinski definition) is 0. The van der Waals surface area contributed by atoms with Crippen LogP contribution in [-0.2, 0) is 6.42 Å². The van der Waals surface area contributed by atoms with Crippen LogP contribution in [0.25, 0.3) is 93.5 Å². The smallest absolute Gasteiger partial charge is 0.180 e. The monoisotopic (exact) mass is 641 g/mol. The van der Waals surface area contributed by atoms with Gasteiger partial charge in [0.15, 0.2) is 5.58 Å². The molecule has 234 valence electrons. The second kappa shape index (κ2) is 10.4. The predicted molar refractivity (Wildman–Crippen MR) is 203 cm³/mol. The van der Waals surface area contributed by atoms with E-state index in [9.17, 15) is 0 Å². The highest BCUT2D eigenvalue weighted by Crippen LogP contribution is 2.41. The molecule has 50 heavy (non-hydrogen) atoms. The summed E-state index contributed by atoms with van der Waals surface area (Å²) in [5.74, 6) is 0.698. The molecule has 0 amide bonds. The van der Waals surface area contributed by atoms with E-state index in [4.69, 9.17) is 18.8 Å². The van der Waals surface area contributed by atoms with Crippen LogP contribution in [0.3, 0.4) is 0 Å². The molecule has 5 nitrogen and oxygen atoms in total. The molecular weight excluding hydrogens is 615 g/mol. The van der Waals surface area contributed by atoms with Gasteiger partial charge in [0.25, 0.3) is 0 Å². The molecule has 0 spiro atoms. The molecule has 0 saturated carbocycles. The molecule has 0 saturated heterocycles. The van der Waals surface area contributed by atoms with E-state index in [0.717, 1.165) is 72.0 Å². The molecule has 0 aliphatic carbocycles. The maximum absolute atomic E-state index is 6.76. The maximum atomic E-state index is 6.76. The van der Waals surface area contributed by atoms with E-state index in [1.807, 2.05) is 48.5 Å². The molecular formula is C45H27N3O2. The number of rotatable bonds is 4. The molecule has 5 heteroatoms. The number of aromatic nitrogens is 3. The summed E-state index contributed by atoms with van der Waals surface area (Å²) >= 11 is 0. The lowest BCUT2D eigenvalue weighted by molar-refractivity contribution is 0.661. The van der Waals surface area contributed by atoms with Crippen LogP contribution in [0.1, 0.15) is 11.4 Å². The highest BCUT2D eigenvalue weighted by Gasteiger charge is 2.23. The molecule has 11 aromatic rings. The Morgan fingerprint density at radius 3 is 2.02 bits per heavy atom. The lowest BCUT2D eigenvalue weighted by Gasteiger charge is -2.15. The average molecular weight is 642 g/mol. The van der Waals surface area contributed by atoms with Crippen molar-refractivity contribution in [3.05, 3.63) is 163 Å². The summed E-state index contributed by atoms with van der Waals surface area (Å²) in [7, 11) is 0. The zero-order chi connectivity index (χ0) is 32.8. The summed E-state index contributed by atoms with van der Waals surface area (Å²) in [5, 5.41) is 8.04. The molecule has 0 N–H and O–H groups in total. The third-order valence-corrected chi connectivity index (χ3v) is 10.1. The third-order valence-electron chi connectivity index (χ3n) is 10.1. The second-order valence-electron chi connectivity index (χ2n) is 12.9. The SMILES string of the molecule is c1ccc(-c2nc(Cc3c(-n4c5ccccc5c5c6ccccc6ccc54)ccc4c3oc3ccccc34)nc3c2oc2ccccc23)cc1. The Morgan fingerprint density at radius 1 is 0.480 bits per heavy atom. The van der Waals surface area contributed by atoms with Gasteiger partial charge in [-0.05, 0) is 53.2 Å². The van der Waals surface area contributed by atoms with E-state index < -0.39 is 0 Å². The number of benzene rings is 7. The van der Waals surface area contributed by atoms with Crippen molar-refractivity contribution in [2.24, 2.45) is 0 Å². The maximum Gasteiger partial charge on any atom is 0.180 e. The van der Waals surface area contributed by atoms with Crippen molar-refractivity contribution >= 4 is 76.6 Å². The molecule has 0 bridgehead atoms. The standard InChI is InChI=1S/C45H27N3O2/c1-2-13-28(14-3-1)42-45-43(33-18-8-11-21-39(33)50-45)47-40(46-42)26-34-36(25-23-31-30-16-7-10-20-38(30)49-44(31)34)48-35-19-9-6-17-32(35)41-29-15-5-4-12-27(29)22-24-37(41)48/h1-25H,26H2. The van der Waals surface area contributed by atoms with Crippen LogP contribution in [0.15, 0.2) is 160 Å². The molecule has 0 atom stereocenters. The number of fused-ring (bicyclic) bond motifs is 11. The molecule has 7 aromatic carbocycles. The van der Waals surface area contributed by atoms with Gasteiger partial charge in [-0.3, -0.25) is 0 Å². The first-order valence-corrected chi connectivity index (χ1v) is 16.9. The van der Waals surface area contributed by atoms with Gasteiger partial charge in [-0.2, -0.15) is 0 Å². The van der Waals surface area contributed by atoms with Gasteiger partial charge in [-0.1, -0.05) is 109 Å². The first-order valence-electron chi connectivity index (χ1n) is 16.9. The molecule has 0 fully saturated rings. The van der Waals surface area contributed by atoms with Crippen molar-refractivity contribution in [3.8, 4) is 16.9 Å². The van der Waals surface area contributed by atoms with Crippen LogP contribution in [0.5, 0.6) is 0 Å². The van der Waals surface area contributed by atoms with Crippen LogP contribution in [0, 0.1) is 0 Å². The molecule has 4 heterocycles. The van der Waals surface area contributed by atoms with Crippen molar-refractivity contribution < 1.29 is 8.83 Å². The largest absolute Gasteiger partial charge is 0.456 e. The third kappa shape index (κ3) is 3.89. The predicted octanol–water partition coefficient (Wildman–Crippen LogP) is 11.8. The van der Waals surface area contributed by atoms with E-state index in [0.29, 0.717) is 17.8 Å². The van der Waals surface area contributed by atoms with Crippen molar-refractivity contribution in [1.82, 2.24) is 14.5 Å². The van der Waals surface area contributed by atoms with Gasteiger partial charge < -0.3 is 13.4 Å². The Hall–Kier alpha value is -6.72. The van der Waals surface area contributed by atoms with E-state index in [1.54, 1.807) is 0 Å². The van der Waals surface area contributed by atoms with Crippen LogP contribution in [0.4, 0.5) is 0 Å². The van der Waals surface area contributed by atoms with E-state index in [-0.39, 0.29) is 0 Å². The second-order valence-corrected chi connectivity index (χ2v) is 12.9. The summed E-state index contributed by atoms with van der Waals surface area (Å²) in [4.78, 5) is 10.5.